The number of halogens is 2. The number of rotatable bonds is 5. The van der Waals surface area contributed by atoms with Gasteiger partial charge in [-0.15, -0.1) is 0 Å². The standard InChI is InChI=1S/C22H28Cl2N6O/c1-3-25-21-26-12-15-8-10-30(13-18(15)27-21)22(31)28-20(19-5-4-9-29(19)2)14-6-7-16(23)17(24)11-14/h6-7,11-12,19-20H,3-5,8-10,13H2,1-2H3,(H,28,31)(H,25,26,27)/t19-,20+/m1/s1. The number of carbonyl (C=O) groups is 1. The number of fused-ring (bicyclic) bond motifs is 1. The molecule has 2 amide bonds. The number of nitrogens with one attached hydrogen (secondary N) is 2. The van der Waals surface area contributed by atoms with Crippen molar-refractivity contribution in [1.29, 1.82) is 0 Å². The molecule has 0 radical (unpaired) electrons. The van der Waals surface area contributed by atoms with Gasteiger partial charge in [0, 0.05) is 25.3 Å². The van der Waals surface area contributed by atoms with Gasteiger partial charge in [-0.3, -0.25) is 0 Å². The molecule has 2 atom stereocenters. The molecule has 0 unspecified atom stereocenters. The number of hydrogen-bond acceptors (Lipinski definition) is 5. The van der Waals surface area contributed by atoms with Crippen molar-refractivity contribution in [2.45, 2.75) is 44.8 Å². The fourth-order valence-corrected chi connectivity index (χ4v) is 4.72. The molecular weight excluding hydrogens is 435 g/mol. The Bertz CT molecular complexity index is 956. The second kappa shape index (κ2) is 9.59. The number of nitrogens with zero attached hydrogens (tertiary/aromatic N) is 4. The normalized spacial score (nSPS) is 19.7. The lowest BCUT2D eigenvalue weighted by molar-refractivity contribution is 0.175. The monoisotopic (exact) mass is 462 g/mol. The van der Waals surface area contributed by atoms with Crippen LogP contribution in [-0.4, -0.2) is 58.5 Å². The van der Waals surface area contributed by atoms with Gasteiger partial charge in [0.05, 0.1) is 28.3 Å². The molecule has 31 heavy (non-hydrogen) atoms. The van der Waals surface area contributed by atoms with Crippen molar-refractivity contribution < 1.29 is 4.79 Å². The van der Waals surface area contributed by atoms with E-state index in [4.69, 9.17) is 23.2 Å². The van der Waals surface area contributed by atoms with E-state index >= 15 is 0 Å². The van der Waals surface area contributed by atoms with Crippen molar-refractivity contribution in [2.75, 3.05) is 32.0 Å². The molecule has 4 rings (SSSR count). The summed E-state index contributed by atoms with van der Waals surface area (Å²) in [6.45, 7) is 4.88. The van der Waals surface area contributed by atoms with Gasteiger partial charge in [-0.1, -0.05) is 29.3 Å². The first-order chi connectivity index (χ1) is 15.0. The molecule has 7 nitrogen and oxygen atoms in total. The van der Waals surface area contributed by atoms with Gasteiger partial charge >= 0.3 is 6.03 Å². The van der Waals surface area contributed by atoms with Gasteiger partial charge in [-0.05, 0) is 63.0 Å². The second-order valence-electron chi connectivity index (χ2n) is 8.16. The van der Waals surface area contributed by atoms with Gasteiger partial charge in [0.2, 0.25) is 5.95 Å². The van der Waals surface area contributed by atoms with E-state index in [2.05, 4.69) is 32.5 Å². The summed E-state index contributed by atoms with van der Waals surface area (Å²) in [5, 5.41) is 7.43. The number of anilines is 1. The smallest absolute Gasteiger partial charge is 0.318 e. The number of hydrogen-bond donors (Lipinski definition) is 2. The molecule has 0 saturated carbocycles. The zero-order valence-electron chi connectivity index (χ0n) is 17.9. The molecule has 0 bridgehead atoms. The maximum atomic E-state index is 13.3. The molecule has 1 aromatic heterocycles. The number of likely N-dealkylation sites (N-methyl/N-ethyl adjacent to an activating group) is 1. The third-order valence-electron chi connectivity index (χ3n) is 6.11. The van der Waals surface area contributed by atoms with Gasteiger partial charge < -0.3 is 20.4 Å². The van der Waals surface area contributed by atoms with Crippen LogP contribution in [0.15, 0.2) is 24.4 Å². The number of amides is 2. The third kappa shape index (κ3) is 4.89. The summed E-state index contributed by atoms with van der Waals surface area (Å²) >= 11 is 12.4. The average molecular weight is 463 g/mol. The van der Waals surface area contributed by atoms with Crippen molar-refractivity contribution >= 4 is 35.2 Å². The van der Waals surface area contributed by atoms with Crippen molar-refractivity contribution in [1.82, 2.24) is 25.1 Å². The summed E-state index contributed by atoms with van der Waals surface area (Å²) in [6, 6.07) is 5.56. The maximum absolute atomic E-state index is 13.3. The van der Waals surface area contributed by atoms with Crippen LogP contribution in [0.2, 0.25) is 10.0 Å². The van der Waals surface area contributed by atoms with Crippen LogP contribution in [0.25, 0.3) is 0 Å². The quantitative estimate of drug-likeness (QED) is 0.698. The minimum Gasteiger partial charge on any atom is -0.354 e. The minimum atomic E-state index is -0.168. The van der Waals surface area contributed by atoms with Gasteiger partial charge in [0.15, 0.2) is 0 Å². The van der Waals surface area contributed by atoms with E-state index in [-0.39, 0.29) is 18.1 Å². The van der Waals surface area contributed by atoms with Gasteiger partial charge in [0.1, 0.15) is 0 Å². The SMILES string of the molecule is CCNc1ncc2c(n1)CN(C(=O)N[C@@H](c1ccc(Cl)c(Cl)c1)[C@H]1CCCN1C)CC2. The summed E-state index contributed by atoms with van der Waals surface area (Å²) in [5.41, 5.74) is 2.97. The Labute approximate surface area is 193 Å². The van der Waals surface area contributed by atoms with Crippen LogP contribution in [0.3, 0.4) is 0 Å². The lowest BCUT2D eigenvalue weighted by Gasteiger charge is -2.34. The first-order valence-electron chi connectivity index (χ1n) is 10.8. The lowest BCUT2D eigenvalue weighted by atomic mass is 9.97. The van der Waals surface area contributed by atoms with Crippen LogP contribution in [0, 0.1) is 0 Å². The zero-order valence-corrected chi connectivity index (χ0v) is 19.4. The Hall–Kier alpha value is -2.09. The third-order valence-corrected chi connectivity index (χ3v) is 6.85. The van der Waals surface area contributed by atoms with Crippen molar-refractivity contribution in [3.63, 3.8) is 0 Å². The highest BCUT2D eigenvalue weighted by Gasteiger charge is 2.33. The predicted octanol–water partition coefficient (Wildman–Crippen LogP) is 4.12. The van der Waals surface area contributed by atoms with E-state index in [0.717, 1.165) is 49.2 Å². The molecule has 2 aliphatic rings. The zero-order chi connectivity index (χ0) is 22.0. The van der Waals surface area contributed by atoms with E-state index in [1.54, 1.807) is 6.07 Å². The average Bonchev–Trinajstić information content (AvgIpc) is 3.19. The summed E-state index contributed by atoms with van der Waals surface area (Å²) in [7, 11) is 2.10. The minimum absolute atomic E-state index is 0.0920. The van der Waals surface area contributed by atoms with Gasteiger partial charge in [0.25, 0.3) is 0 Å². The molecule has 1 aromatic carbocycles. The van der Waals surface area contributed by atoms with Crippen LogP contribution in [0.5, 0.6) is 0 Å². The molecule has 0 aliphatic carbocycles. The Morgan fingerprint density at radius 2 is 2.13 bits per heavy atom. The second-order valence-corrected chi connectivity index (χ2v) is 8.97. The van der Waals surface area contributed by atoms with Crippen molar-refractivity contribution in [3.05, 3.63) is 51.3 Å². The van der Waals surface area contributed by atoms with Crippen LogP contribution in [0.1, 0.15) is 42.6 Å². The highest BCUT2D eigenvalue weighted by molar-refractivity contribution is 6.42. The highest BCUT2D eigenvalue weighted by Crippen LogP contribution is 2.32. The Morgan fingerprint density at radius 3 is 2.84 bits per heavy atom. The van der Waals surface area contributed by atoms with Gasteiger partial charge in [-0.25, -0.2) is 14.8 Å². The van der Waals surface area contributed by atoms with E-state index in [1.165, 1.54) is 0 Å². The number of aromatic nitrogens is 2. The topological polar surface area (TPSA) is 73.4 Å². The largest absolute Gasteiger partial charge is 0.354 e. The molecule has 2 aromatic rings. The van der Waals surface area contributed by atoms with Crippen LogP contribution in [-0.2, 0) is 13.0 Å². The summed E-state index contributed by atoms with van der Waals surface area (Å²) in [5.74, 6) is 0.602. The molecule has 2 aliphatic heterocycles. The first kappa shape index (κ1) is 22.1. The molecule has 1 saturated heterocycles. The Morgan fingerprint density at radius 1 is 1.29 bits per heavy atom. The summed E-state index contributed by atoms with van der Waals surface area (Å²) in [4.78, 5) is 26.4. The van der Waals surface area contributed by atoms with E-state index in [0.29, 0.717) is 29.1 Å². The van der Waals surface area contributed by atoms with Crippen molar-refractivity contribution in [2.24, 2.45) is 0 Å². The molecule has 0 spiro atoms. The predicted molar refractivity (Wildman–Crippen MR) is 124 cm³/mol. The first-order valence-corrected chi connectivity index (χ1v) is 11.5. The number of carbonyl (C=O) groups excluding carboxylic acids is 1. The fraction of sp³-hybridized carbons (Fsp3) is 0.500. The summed E-state index contributed by atoms with van der Waals surface area (Å²) < 4.78 is 0. The molecule has 9 heteroatoms. The number of benzene rings is 1. The molecule has 3 heterocycles. The molecule has 2 N–H and O–H groups in total. The Balaban J connectivity index is 1.53. The molecule has 1 fully saturated rings. The lowest BCUT2D eigenvalue weighted by Crippen LogP contribution is -2.48. The maximum Gasteiger partial charge on any atom is 0.318 e. The van der Waals surface area contributed by atoms with Crippen LogP contribution < -0.4 is 10.6 Å². The van der Waals surface area contributed by atoms with Crippen molar-refractivity contribution in [3.8, 4) is 0 Å². The van der Waals surface area contributed by atoms with E-state index in [9.17, 15) is 4.79 Å². The molecule has 166 valence electrons. The van der Waals surface area contributed by atoms with Gasteiger partial charge in [-0.2, -0.15) is 0 Å². The summed E-state index contributed by atoms with van der Waals surface area (Å²) in [6.07, 6.45) is 4.73. The molecular formula is C22H28Cl2N6O. The number of urea groups is 1. The van der Waals surface area contributed by atoms with E-state index < -0.39 is 0 Å². The Kier molecular flexibility index (Phi) is 6.84. The highest BCUT2D eigenvalue weighted by atomic mass is 35.5. The van der Waals surface area contributed by atoms with E-state index in [1.807, 2.05) is 30.2 Å². The fourth-order valence-electron chi connectivity index (χ4n) is 4.41. The number of likely N-dealkylation sites (tertiary alicyclic amines) is 1. The van der Waals surface area contributed by atoms with Crippen LogP contribution in [0.4, 0.5) is 10.7 Å². The van der Waals surface area contributed by atoms with Crippen LogP contribution >= 0.6 is 23.2 Å².